The van der Waals surface area contributed by atoms with E-state index in [4.69, 9.17) is 9.73 Å². The van der Waals surface area contributed by atoms with Gasteiger partial charge >= 0.3 is 0 Å². The van der Waals surface area contributed by atoms with E-state index in [0.717, 1.165) is 64.5 Å². The Morgan fingerprint density at radius 1 is 1.10 bits per heavy atom. The third-order valence-corrected chi connectivity index (χ3v) is 6.31. The van der Waals surface area contributed by atoms with E-state index in [1.165, 1.54) is 43.2 Å². The summed E-state index contributed by atoms with van der Waals surface area (Å²) in [5.41, 5.74) is 2.73. The van der Waals surface area contributed by atoms with E-state index in [1.54, 1.807) is 0 Å². The molecule has 3 rings (SSSR count). The van der Waals surface area contributed by atoms with Crippen molar-refractivity contribution in [1.29, 1.82) is 0 Å². The molecule has 0 bridgehead atoms. The van der Waals surface area contributed by atoms with Crippen molar-refractivity contribution in [2.24, 2.45) is 4.99 Å². The van der Waals surface area contributed by atoms with Crippen molar-refractivity contribution < 1.29 is 4.74 Å². The molecule has 1 aromatic rings. The number of morpholine rings is 1. The van der Waals surface area contributed by atoms with Gasteiger partial charge in [0.05, 0.1) is 19.8 Å². The molecule has 2 fully saturated rings. The van der Waals surface area contributed by atoms with E-state index in [2.05, 4.69) is 58.7 Å². The number of rotatable bonds is 9. The Bertz CT molecular complexity index is 638. The largest absolute Gasteiger partial charge is 0.379 e. The van der Waals surface area contributed by atoms with Crippen molar-refractivity contribution in [3.63, 3.8) is 0 Å². The smallest absolute Gasteiger partial charge is 0.191 e. The summed E-state index contributed by atoms with van der Waals surface area (Å²) in [4.78, 5) is 9.87. The van der Waals surface area contributed by atoms with Gasteiger partial charge in [0, 0.05) is 45.3 Å². The van der Waals surface area contributed by atoms with Gasteiger partial charge in [0.15, 0.2) is 5.96 Å². The van der Waals surface area contributed by atoms with E-state index < -0.39 is 0 Å². The first-order chi connectivity index (χ1) is 14.8. The molecular weight excluding hydrogens is 374 g/mol. The second kappa shape index (κ2) is 12.9. The fraction of sp³-hybridized carbons (Fsp3) is 0.708. The fourth-order valence-corrected chi connectivity index (χ4v) is 4.45. The molecule has 30 heavy (non-hydrogen) atoms. The first-order valence-electron chi connectivity index (χ1n) is 11.9. The quantitative estimate of drug-likeness (QED) is 0.480. The lowest BCUT2D eigenvalue weighted by Crippen LogP contribution is -2.44. The fourth-order valence-electron chi connectivity index (χ4n) is 4.45. The Balaban J connectivity index is 1.53. The van der Waals surface area contributed by atoms with E-state index in [9.17, 15) is 0 Å². The number of aliphatic imine (C=N–C) groups is 1. The summed E-state index contributed by atoms with van der Waals surface area (Å²) >= 11 is 0. The zero-order chi connectivity index (χ0) is 21.0. The molecule has 1 saturated heterocycles. The molecule has 1 heterocycles. The Kier molecular flexibility index (Phi) is 9.93. The van der Waals surface area contributed by atoms with Gasteiger partial charge in [-0.25, -0.2) is 4.99 Å². The zero-order valence-electron chi connectivity index (χ0n) is 19.0. The number of hydrogen-bond donors (Lipinski definition) is 2. The topological polar surface area (TPSA) is 52.1 Å². The molecule has 1 saturated carbocycles. The third-order valence-electron chi connectivity index (χ3n) is 6.31. The molecule has 1 aliphatic carbocycles. The van der Waals surface area contributed by atoms with Crippen LogP contribution in [0.1, 0.15) is 50.2 Å². The minimum Gasteiger partial charge on any atom is -0.379 e. The molecule has 0 atom stereocenters. The predicted molar refractivity (Wildman–Crippen MR) is 125 cm³/mol. The Morgan fingerprint density at radius 2 is 1.83 bits per heavy atom. The summed E-state index contributed by atoms with van der Waals surface area (Å²) in [6.07, 6.45) is 6.84. The van der Waals surface area contributed by atoms with Gasteiger partial charge in [-0.05, 0) is 37.9 Å². The van der Waals surface area contributed by atoms with Gasteiger partial charge in [-0.3, -0.25) is 9.80 Å². The normalized spacial score (nSPS) is 19.2. The molecule has 168 valence electrons. The average molecular weight is 416 g/mol. The first-order valence-corrected chi connectivity index (χ1v) is 11.9. The van der Waals surface area contributed by atoms with Crippen LogP contribution in [0.3, 0.4) is 0 Å². The summed E-state index contributed by atoms with van der Waals surface area (Å²) in [5.74, 6) is 0.904. The van der Waals surface area contributed by atoms with Crippen LogP contribution in [0.15, 0.2) is 29.3 Å². The summed E-state index contributed by atoms with van der Waals surface area (Å²) < 4.78 is 5.43. The van der Waals surface area contributed by atoms with Crippen LogP contribution in [-0.2, 0) is 17.8 Å². The van der Waals surface area contributed by atoms with E-state index in [1.807, 2.05) is 0 Å². The molecule has 0 amide bonds. The maximum atomic E-state index is 5.43. The van der Waals surface area contributed by atoms with Crippen molar-refractivity contribution in [3.05, 3.63) is 35.4 Å². The molecule has 0 radical (unpaired) electrons. The van der Waals surface area contributed by atoms with Crippen molar-refractivity contribution >= 4 is 5.96 Å². The van der Waals surface area contributed by atoms with Gasteiger partial charge in [0.1, 0.15) is 0 Å². The Labute approximate surface area is 183 Å². The maximum absolute atomic E-state index is 5.43. The highest BCUT2D eigenvalue weighted by Crippen LogP contribution is 2.23. The van der Waals surface area contributed by atoms with Crippen LogP contribution < -0.4 is 10.6 Å². The summed E-state index contributed by atoms with van der Waals surface area (Å²) in [7, 11) is 2.29. The van der Waals surface area contributed by atoms with E-state index in [-0.39, 0.29) is 0 Å². The predicted octanol–water partition coefficient (Wildman–Crippen LogP) is 2.84. The number of benzene rings is 1. The molecule has 1 aromatic carbocycles. The summed E-state index contributed by atoms with van der Waals surface area (Å²) in [6, 6.07) is 9.51. The van der Waals surface area contributed by atoms with Crippen molar-refractivity contribution in [1.82, 2.24) is 20.4 Å². The number of hydrogen-bond acceptors (Lipinski definition) is 4. The molecule has 0 spiro atoms. The Hall–Kier alpha value is -1.63. The molecule has 6 heteroatoms. The van der Waals surface area contributed by atoms with Crippen molar-refractivity contribution in [2.45, 2.75) is 58.2 Å². The Morgan fingerprint density at radius 3 is 2.57 bits per heavy atom. The van der Waals surface area contributed by atoms with Gasteiger partial charge in [-0.2, -0.15) is 0 Å². The van der Waals surface area contributed by atoms with Crippen LogP contribution >= 0.6 is 0 Å². The monoisotopic (exact) mass is 415 g/mol. The molecule has 0 unspecified atom stereocenters. The van der Waals surface area contributed by atoms with Gasteiger partial charge < -0.3 is 15.4 Å². The van der Waals surface area contributed by atoms with Crippen molar-refractivity contribution in [2.75, 3.05) is 53.0 Å². The van der Waals surface area contributed by atoms with E-state index >= 15 is 0 Å². The number of ether oxygens (including phenoxy) is 1. The van der Waals surface area contributed by atoms with Crippen LogP contribution in [0, 0.1) is 0 Å². The molecule has 0 aromatic heterocycles. The van der Waals surface area contributed by atoms with Crippen LogP contribution in [-0.4, -0.2) is 74.8 Å². The first kappa shape index (κ1) is 23.0. The minimum atomic E-state index is 0.710. The van der Waals surface area contributed by atoms with Gasteiger partial charge in [-0.1, -0.05) is 43.5 Å². The molecule has 2 N–H and O–H groups in total. The summed E-state index contributed by atoms with van der Waals surface area (Å²) in [5, 5.41) is 6.88. The SMILES string of the molecule is CCNC(=NCc1ccccc1CN(C)C1CCCCC1)NCCN1CCOCC1. The lowest BCUT2D eigenvalue weighted by Gasteiger charge is -2.31. The van der Waals surface area contributed by atoms with Crippen LogP contribution in [0.2, 0.25) is 0 Å². The second-order valence-corrected chi connectivity index (χ2v) is 8.55. The molecular formula is C24H41N5O. The van der Waals surface area contributed by atoms with Gasteiger partial charge in [0.2, 0.25) is 0 Å². The van der Waals surface area contributed by atoms with E-state index in [0.29, 0.717) is 6.54 Å². The highest BCUT2D eigenvalue weighted by molar-refractivity contribution is 5.79. The van der Waals surface area contributed by atoms with Gasteiger partial charge in [-0.15, -0.1) is 0 Å². The van der Waals surface area contributed by atoms with Gasteiger partial charge in [0.25, 0.3) is 0 Å². The minimum absolute atomic E-state index is 0.710. The zero-order valence-corrected chi connectivity index (χ0v) is 19.0. The second-order valence-electron chi connectivity index (χ2n) is 8.55. The lowest BCUT2D eigenvalue weighted by atomic mass is 9.94. The number of nitrogens with zero attached hydrogens (tertiary/aromatic N) is 3. The number of nitrogens with one attached hydrogen (secondary N) is 2. The maximum Gasteiger partial charge on any atom is 0.191 e. The third kappa shape index (κ3) is 7.56. The molecule has 2 aliphatic rings. The highest BCUT2D eigenvalue weighted by atomic mass is 16.5. The highest BCUT2D eigenvalue weighted by Gasteiger charge is 2.18. The van der Waals surface area contributed by atoms with Crippen LogP contribution in [0.5, 0.6) is 0 Å². The molecule has 6 nitrogen and oxygen atoms in total. The average Bonchev–Trinajstić information content (AvgIpc) is 2.79. The van der Waals surface area contributed by atoms with Crippen LogP contribution in [0.4, 0.5) is 0 Å². The molecule has 1 aliphatic heterocycles. The number of guanidine groups is 1. The summed E-state index contributed by atoms with van der Waals surface area (Å²) in [6.45, 7) is 10.4. The lowest BCUT2D eigenvalue weighted by molar-refractivity contribution is 0.0389. The van der Waals surface area contributed by atoms with Crippen molar-refractivity contribution in [3.8, 4) is 0 Å². The standard InChI is InChI=1S/C24H41N5O/c1-3-25-24(26-13-14-29-15-17-30-18-16-29)27-19-21-9-7-8-10-22(21)20-28(2)23-11-5-4-6-12-23/h7-10,23H,3-6,11-20H2,1-2H3,(H2,25,26,27). The van der Waals surface area contributed by atoms with Crippen LogP contribution in [0.25, 0.3) is 0 Å².